The van der Waals surface area contributed by atoms with Crippen LogP contribution in [-0.2, 0) is 0 Å². The van der Waals surface area contributed by atoms with Gasteiger partial charge in [0, 0.05) is 48.3 Å². The Labute approximate surface area is 105 Å². The van der Waals surface area contributed by atoms with E-state index in [9.17, 15) is 0 Å². The van der Waals surface area contributed by atoms with Crippen LogP contribution in [0.15, 0.2) is 0 Å². The number of hydrogen-bond acceptors (Lipinski definition) is 3. The van der Waals surface area contributed by atoms with Crippen LogP contribution < -0.4 is 0 Å². The van der Waals surface area contributed by atoms with E-state index in [1.54, 1.807) is 0 Å². The van der Waals surface area contributed by atoms with Crippen molar-refractivity contribution in [2.45, 2.75) is 58.3 Å². The second-order valence-corrected chi connectivity index (χ2v) is 7.44. The molecule has 0 amide bonds. The van der Waals surface area contributed by atoms with E-state index in [1.807, 2.05) is 0 Å². The van der Waals surface area contributed by atoms with Gasteiger partial charge in [0.1, 0.15) is 0 Å². The molecule has 2 heterocycles. The van der Waals surface area contributed by atoms with Crippen LogP contribution in [0.5, 0.6) is 0 Å². The van der Waals surface area contributed by atoms with Gasteiger partial charge < -0.3 is 0 Å². The molecule has 2 fully saturated rings. The van der Waals surface area contributed by atoms with E-state index in [-0.39, 0.29) is 0 Å². The number of rotatable bonds is 1. The Bertz CT molecular complexity index is 247. The van der Waals surface area contributed by atoms with Crippen LogP contribution in [0.1, 0.15) is 34.6 Å². The zero-order chi connectivity index (χ0) is 11.9. The fourth-order valence-corrected chi connectivity index (χ4v) is 4.61. The number of fused-ring (bicyclic) bond motifs is 1. The summed E-state index contributed by atoms with van der Waals surface area (Å²) < 4.78 is 0. The molecule has 2 unspecified atom stereocenters. The summed E-state index contributed by atoms with van der Waals surface area (Å²) in [7, 11) is 0. The Hall–Kier alpha value is 0.270. The van der Waals surface area contributed by atoms with Crippen LogP contribution in [0.2, 0.25) is 0 Å². The summed E-state index contributed by atoms with van der Waals surface area (Å²) in [5, 5.41) is 0. The summed E-state index contributed by atoms with van der Waals surface area (Å²) in [5.74, 6) is 2.65. The second kappa shape index (κ2) is 4.51. The molecule has 0 aromatic carbocycles. The molecule has 0 aromatic heterocycles. The minimum Gasteiger partial charge on any atom is -0.294 e. The highest BCUT2D eigenvalue weighted by atomic mass is 32.2. The fourth-order valence-electron chi connectivity index (χ4n) is 3.18. The molecule has 0 saturated carbocycles. The van der Waals surface area contributed by atoms with E-state index in [0.29, 0.717) is 11.6 Å². The molecule has 2 rings (SSSR count). The van der Waals surface area contributed by atoms with Gasteiger partial charge in [-0.1, -0.05) is 0 Å². The largest absolute Gasteiger partial charge is 0.294 e. The monoisotopic (exact) mass is 242 g/mol. The molecule has 0 bridgehead atoms. The van der Waals surface area contributed by atoms with Crippen molar-refractivity contribution >= 4 is 11.8 Å². The van der Waals surface area contributed by atoms with Crippen molar-refractivity contribution in [3.63, 3.8) is 0 Å². The Balaban J connectivity index is 2.14. The van der Waals surface area contributed by atoms with Crippen molar-refractivity contribution in [2.75, 3.05) is 24.6 Å². The first-order valence-corrected chi connectivity index (χ1v) is 7.67. The summed E-state index contributed by atoms with van der Waals surface area (Å²) in [6, 6.07) is 2.27. The highest BCUT2D eigenvalue weighted by Crippen LogP contribution is 2.34. The Morgan fingerprint density at radius 2 is 1.69 bits per heavy atom. The predicted molar refractivity (Wildman–Crippen MR) is 73.2 cm³/mol. The average Bonchev–Trinajstić information content (AvgIpc) is 2.61. The van der Waals surface area contributed by atoms with Gasteiger partial charge in [0.15, 0.2) is 0 Å². The number of hydrogen-bond donors (Lipinski definition) is 0. The van der Waals surface area contributed by atoms with Gasteiger partial charge in [0.25, 0.3) is 0 Å². The lowest BCUT2D eigenvalue weighted by molar-refractivity contribution is -0.0209. The molecule has 3 heteroatoms. The highest BCUT2D eigenvalue weighted by molar-refractivity contribution is 7.99. The Morgan fingerprint density at radius 1 is 1.06 bits per heavy atom. The smallest absolute Gasteiger partial charge is 0.0355 e. The van der Waals surface area contributed by atoms with Crippen LogP contribution in [0.3, 0.4) is 0 Å². The SMILES string of the molecule is CC(C)N1CCN(C(C)(C)C)C2CSCC21. The van der Waals surface area contributed by atoms with E-state index < -0.39 is 0 Å². The molecule has 0 spiro atoms. The predicted octanol–water partition coefficient (Wildman–Crippen LogP) is 2.29. The van der Waals surface area contributed by atoms with E-state index in [4.69, 9.17) is 0 Å². The first-order valence-electron chi connectivity index (χ1n) is 6.51. The van der Waals surface area contributed by atoms with Crippen LogP contribution in [-0.4, -0.2) is 58.1 Å². The van der Waals surface area contributed by atoms with E-state index in [1.165, 1.54) is 24.6 Å². The molecule has 0 aliphatic carbocycles. The topological polar surface area (TPSA) is 6.48 Å². The maximum absolute atomic E-state index is 2.73. The van der Waals surface area contributed by atoms with Gasteiger partial charge in [-0.05, 0) is 34.6 Å². The molecular formula is C13H26N2S. The lowest BCUT2D eigenvalue weighted by Crippen LogP contribution is -2.64. The molecule has 2 atom stereocenters. The molecular weight excluding hydrogens is 216 g/mol. The zero-order valence-electron chi connectivity index (χ0n) is 11.4. The third-order valence-electron chi connectivity index (χ3n) is 3.97. The molecule has 2 saturated heterocycles. The van der Waals surface area contributed by atoms with Gasteiger partial charge in [0.05, 0.1) is 0 Å². The van der Waals surface area contributed by atoms with Crippen LogP contribution in [0.4, 0.5) is 0 Å². The first-order chi connectivity index (χ1) is 7.41. The van der Waals surface area contributed by atoms with Crippen LogP contribution >= 0.6 is 11.8 Å². The molecule has 2 aliphatic rings. The number of nitrogens with zero attached hydrogens (tertiary/aromatic N) is 2. The van der Waals surface area contributed by atoms with E-state index in [0.717, 1.165) is 12.1 Å². The third kappa shape index (κ3) is 2.27. The van der Waals surface area contributed by atoms with Crippen molar-refractivity contribution in [3.05, 3.63) is 0 Å². The van der Waals surface area contributed by atoms with Gasteiger partial charge >= 0.3 is 0 Å². The van der Waals surface area contributed by atoms with Crippen molar-refractivity contribution < 1.29 is 0 Å². The molecule has 94 valence electrons. The minimum absolute atomic E-state index is 0.330. The quantitative estimate of drug-likeness (QED) is 0.697. The van der Waals surface area contributed by atoms with E-state index in [2.05, 4.69) is 56.2 Å². The summed E-state index contributed by atoms with van der Waals surface area (Å²) in [6.07, 6.45) is 0. The average molecular weight is 242 g/mol. The van der Waals surface area contributed by atoms with Gasteiger partial charge in [0.2, 0.25) is 0 Å². The standard InChI is InChI=1S/C13H26N2S/c1-10(2)14-6-7-15(13(3,4)5)12-9-16-8-11(12)14/h10-12H,6-9H2,1-5H3. The van der Waals surface area contributed by atoms with Crippen molar-refractivity contribution in [3.8, 4) is 0 Å². The molecule has 0 radical (unpaired) electrons. The fraction of sp³-hybridized carbons (Fsp3) is 1.00. The lowest BCUT2D eigenvalue weighted by Gasteiger charge is -2.51. The Kier molecular flexibility index (Phi) is 3.58. The van der Waals surface area contributed by atoms with Gasteiger partial charge in [-0.3, -0.25) is 9.80 Å². The maximum atomic E-state index is 2.73. The minimum atomic E-state index is 0.330. The third-order valence-corrected chi connectivity index (χ3v) is 5.13. The second-order valence-electron chi connectivity index (χ2n) is 6.37. The van der Waals surface area contributed by atoms with Gasteiger partial charge in [-0.25, -0.2) is 0 Å². The van der Waals surface area contributed by atoms with Gasteiger partial charge in [-0.2, -0.15) is 11.8 Å². The molecule has 0 aromatic rings. The van der Waals surface area contributed by atoms with Crippen LogP contribution in [0.25, 0.3) is 0 Å². The molecule has 16 heavy (non-hydrogen) atoms. The number of piperazine rings is 1. The first kappa shape index (κ1) is 12.7. The summed E-state index contributed by atoms with van der Waals surface area (Å²) in [6.45, 7) is 14.2. The number of thioether (sulfide) groups is 1. The molecule has 0 N–H and O–H groups in total. The summed E-state index contributed by atoms with van der Waals surface area (Å²) >= 11 is 2.14. The maximum Gasteiger partial charge on any atom is 0.0355 e. The zero-order valence-corrected chi connectivity index (χ0v) is 12.2. The lowest BCUT2D eigenvalue weighted by atomic mass is 9.95. The molecule has 2 nitrogen and oxygen atoms in total. The Morgan fingerprint density at radius 3 is 2.25 bits per heavy atom. The highest BCUT2D eigenvalue weighted by Gasteiger charge is 2.44. The van der Waals surface area contributed by atoms with E-state index >= 15 is 0 Å². The normalized spacial score (nSPS) is 33.4. The van der Waals surface area contributed by atoms with Gasteiger partial charge in [-0.15, -0.1) is 0 Å². The summed E-state index contributed by atoms with van der Waals surface area (Å²) in [5.41, 5.74) is 0.330. The molecule has 2 aliphatic heterocycles. The van der Waals surface area contributed by atoms with Crippen molar-refractivity contribution in [2.24, 2.45) is 0 Å². The van der Waals surface area contributed by atoms with Crippen molar-refractivity contribution in [1.82, 2.24) is 9.80 Å². The summed E-state index contributed by atoms with van der Waals surface area (Å²) in [4.78, 5) is 5.45. The van der Waals surface area contributed by atoms with Crippen LogP contribution in [0, 0.1) is 0 Å². The van der Waals surface area contributed by atoms with Crippen molar-refractivity contribution in [1.29, 1.82) is 0 Å².